The van der Waals surface area contributed by atoms with Gasteiger partial charge in [-0.15, -0.1) is 24.0 Å². The summed E-state index contributed by atoms with van der Waals surface area (Å²) >= 11 is 0. The zero-order chi connectivity index (χ0) is 17.0. The van der Waals surface area contributed by atoms with Crippen LogP contribution in [0.25, 0.3) is 0 Å². The highest BCUT2D eigenvalue weighted by Crippen LogP contribution is 2.47. The molecule has 0 amide bonds. The van der Waals surface area contributed by atoms with Crippen molar-refractivity contribution < 1.29 is 8.78 Å². The Morgan fingerprint density at radius 1 is 1.04 bits per heavy atom. The Kier molecular flexibility index (Phi) is 6.75. The Hall–Kier alpha value is -1.70. The van der Waals surface area contributed by atoms with Crippen molar-refractivity contribution in [3.05, 3.63) is 71.3 Å². The third-order valence-electron chi connectivity index (χ3n) is 4.48. The number of nitrogens with zero attached hydrogens (tertiary/aromatic N) is 1. The normalized spacial score (nSPS) is 15.2. The summed E-state index contributed by atoms with van der Waals surface area (Å²) in [6.07, 6.45) is 2.15. The molecule has 0 aliphatic heterocycles. The molecule has 3 nitrogen and oxygen atoms in total. The maximum Gasteiger partial charge on any atom is 0.191 e. The lowest BCUT2D eigenvalue weighted by atomic mass is 9.96. The highest BCUT2D eigenvalue weighted by atomic mass is 127. The number of hydrogen-bond acceptors (Lipinski definition) is 1. The summed E-state index contributed by atoms with van der Waals surface area (Å²) in [5.41, 5.74) is 2.07. The van der Waals surface area contributed by atoms with E-state index in [1.165, 1.54) is 24.3 Å². The van der Waals surface area contributed by atoms with Gasteiger partial charge in [-0.05, 0) is 48.2 Å². The van der Waals surface area contributed by atoms with Crippen LogP contribution >= 0.6 is 24.0 Å². The topological polar surface area (TPSA) is 36.4 Å². The van der Waals surface area contributed by atoms with E-state index in [2.05, 4.69) is 15.6 Å². The third-order valence-corrected chi connectivity index (χ3v) is 4.48. The number of halogens is 3. The molecule has 0 aromatic heterocycles. The molecule has 0 bridgehead atoms. The maximum atomic E-state index is 13.2. The van der Waals surface area contributed by atoms with E-state index in [9.17, 15) is 8.78 Å². The van der Waals surface area contributed by atoms with Crippen LogP contribution in [0.4, 0.5) is 8.78 Å². The lowest BCUT2D eigenvalue weighted by Gasteiger charge is -2.19. The Labute approximate surface area is 164 Å². The quantitative estimate of drug-likeness (QED) is 0.405. The van der Waals surface area contributed by atoms with Gasteiger partial charge in [-0.1, -0.05) is 24.3 Å². The molecule has 2 N–H and O–H groups in total. The van der Waals surface area contributed by atoms with E-state index < -0.39 is 0 Å². The van der Waals surface area contributed by atoms with Gasteiger partial charge in [0, 0.05) is 25.6 Å². The average Bonchev–Trinajstić information content (AvgIpc) is 3.37. The van der Waals surface area contributed by atoms with Gasteiger partial charge in [-0.3, -0.25) is 4.99 Å². The van der Waals surface area contributed by atoms with E-state index in [0.29, 0.717) is 12.5 Å². The first-order chi connectivity index (χ1) is 11.6. The van der Waals surface area contributed by atoms with E-state index in [4.69, 9.17) is 0 Å². The van der Waals surface area contributed by atoms with Crippen molar-refractivity contribution in [2.24, 2.45) is 4.99 Å². The van der Waals surface area contributed by atoms with Gasteiger partial charge in [0.1, 0.15) is 11.6 Å². The van der Waals surface area contributed by atoms with Crippen molar-refractivity contribution in [3.63, 3.8) is 0 Å². The Balaban J connectivity index is 0.00000225. The van der Waals surface area contributed by atoms with E-state index in [0.717, 1.165) is 30.5 Å². The summed E-state index contributed by atoms with van der Waals surface area (Å²) in [6.45, 7) is 1.24. The predicted molar refractivity (Wildman–Crippen MR) is 107 cm³/mol. The highest BCUT2D eigenvalue weighted by Gasteiger charge is 2.44. The van der Waals surface area contributed by atoms with Gasteiger partial charge in [-0.2, -0.15) is 0 Å². The van der Waals surface area contributed by atoms with Crippen LogP contribution in [0.15, 0.2) is 53.5 Å². The monoisotopic (exact) mass is 457 g/mol. The number of hydrogen-bond donors (Lipinski definition) is 2. The molecule has 0 atom stereocenters. The molecule has 0 spiro atoms. The second-order valence-electron chi connectivity index (χ2n) is 6.20. The minimum Gasteiger partial charge on any atom is -0.356 e. The second kappa shape index (κ2) is 8.60. The van der Waals surface area contributed by atoms with Crippen molar-refractivity contribution in [1.82, 2.24) is 10.6 Å². The van der Waals surface area contributed by atoms with E-state index in [-0.39, 0.29) is 41.0 Å². The lowest BCUT2D eigenvalue weighted by Crippen LogP contribution is -2.40. The van der Waals surface area contributed by atoms with Crippen LogP contribution in [0.5, 0.6) is 0 Å². The molecule has 3 rings (SSSR count). The lowest BCUT2D eigenvalue weighted by molar-refractivity contribution is 0.617. The molecule has 25 heavy (non-hydrogen) atoms. The molecule has 2 aromatic rings. The summed E-state index contributed by atoms with van der Waals surface area (Å²) in [4.78, 5) is 4.20. The fourth-order valence-corrected chi connectivity index (χ4v) is 2.83. The zero-order valence-electron chi connectivity index (χ0n) is 14.1. The van der Waals surface area contributed by atoms with Crippen LogP contribution in [-0.4, -0.2) is 19.6 Å². The number of nitrogens with one attached hydrogen (secondary N) is 2. The molecule has 6 heteroatoms. The number of rotatable bonds is 5. The van der Waals surface area contributed by atoms with Gasteiger partial charge >= 0.3 is 0 Å². The van der Waals surface area contributed by atoms with E-state index in [1.807, 2.05) is 18.2 Å². The van der Waals surface area contributed by atoms with Crippen LogP contribution in [-0.2, 0) is 12.0 Å². The first kappa shape index (κ1) is 19.6. The van der Waals surface area contributed by atoms with Gasteiger partial charge in [-0.25, -0.2) is 8.78 Å². The average molecular weight is 457 g/mol. The summed E-state index contributed by atoms with van der Waals surface area (Å²) in [5.74, 6) is 0.216. The van der Waals surface area contributed by atoms with Gasteiger partial charge in [0.25, 0.3) is 0 Å². The molecule has 1 saturated carbocycles. The maximum absolute atomic E-state index is 13.2. The van der Waals surface area contributed by atoms with Crippen LogP contribution in [0.2, 0.25) is 0 Å². The van der Waals surface area contributed by atoms with Gasteiger partial charge in [0.05, 0.1) is 0 Å². The number of benzene rings is 2. The van der Waals surface area contributed by atoms with Crippen molar-refractivity contribution in [2.45, 2.75) is 24.8 Å². The number of aliphatic imine (C=N–C) groups is 1. The molecule has 2 aromatic carbocycles. The van der Waals surface area contributed by atoms with Gasteiger partial charge in [0.15, 0.2) is 5.96 Å². The molecule has 0 radical (unpaired) electrons. The van der Waals surface area contributed by atoms with E-state index >= 15 is 0 Å². The summed E-state index contributed by atoms with van der Waals surface area (Å²) in [7, 11) is 1.71. The Bertz CT molecular complexity index is 728. The molecular weight excluding hydrogens is 435 g/mol. The Morgan fingerprint density at radius 2 is 1.76 bits per heavy atom. The molecule has 1 fully saturated rings. The van der Waals surface area contributed by atoms with Crippen molar-refractivity contribution >= 4 is 29.9 Å². The van der Waals surface area contributed by atoms with Crippen LogP contribution in [0.3, 0.4) is 0 Å². The first-order valence-corrected chi connectivity index (χ1v) is 8.06. The Morgan fingerprint density at radius 3 is 2.36 bits per heavy atom. The third kappa shape index (κ3) is 5.14. The van der Waals surface area contributed by atoms with Crippen LogP contribution in [0, 0.1) is 11.6 Å². The molecule has 1 aliphatic rings. The SMILES string of the molecule is CN=C(NCc1cccc(F)c1)NCC1(c2ccc(F)cc2)CC1.I. The first-order valence-electron chi connectivity index (χ1n) is 8.06. The summed E-state index contributed by atoms with van der Waals surface area (Å²) < 4.78 is 26.3. The fourth-order valence-electron chi connectivity index (χ4n) is 2.83. The van der Waals surface area contributed by atoms with Crippen molar-refractivity contribution in [3.8, 4) is 0 Å². The fraction of sp³-hybridized carbons (Fsp3) is 0.316. The minimum atomic E-state index is -0.245. The zero-order valence-corrected chi connectivity index (χ0v) is 16.4. The molecule has 0 saturated heterocycles. The van der Waals surface area contributed by atoms with Crippen molar-refractivity contribution in [1.29, 1.82) is 0 Å². The molecule has 1 aliphatic carbocycles. The predicted octanol–water partition coefficient (Wildman–Crippen LogP) is 3.98. The molecular formula is C19H22F2IN3. The molecule has 134 valence electrons. The standard InChI is InChI=1S/C19H21F2N3.HI/c1-22-18(23-12-14-3-2-4-17(21)11-14)24-13-19(9-10-19)15-5-7-16(20)8-6-15;/h2-8,11H,9-10,12-13H2,1H3,(H2,22,23,24);1H. The van der Waals surface area contributed by atoms with E-state index in [1.54, 1.807) is 13.1 Å². The van der Waals surface area contributed by atoms with Crippen LogP contribution in [0.1, 0.15) is 24.0 Å². The second-order valence-corrected chi connectivity index (χ2v) is 6.20. The minimum absolute atomic E-state index is 0. The van der Waals surface area contributed by atoms with Crippen molar-refractivity contribution in [2.75, 3.05) is 13.6 Å². The summed E-state index contributed by atoms with van der Waals surface area (Å²) in [6, 6.07) is 13.2. The molecule has 0 unspecified atom stereocenters. The van der Waals surface area contributed by atoms with Gasteiger partial charge in [0.2, 0.25) is 0 Å². The largest absolute Gasteiger partial charge is 0.356 e. The molecule has 0 heterocycles. The summed E-state index contributed by atoms with van der Waals surface area (Å²) in [5, 5.41) is 6.51. The number of guanidine groups is 1. The van der Waals surface area contributed by atoms with Gasteiger partial charge < -0.3 is 10.6 Å². The smallest absolute Gasteiger partial charge is 0.191 e. The highest BCUT2D eigenvalue weighted by molar-refractivity contribution is 14.0. The van der Waals surface area contributed by atoms with Crippen LogP contribution < -0.4 is 10.6 Å².